The highest BCUT2D eigenvalue weighted by Gasteiger charge is 2.11. The molecule has 0 radical (unpaired) electrons. The highest BCUT2D eigenvalue weighted by Crippen LogP contribution is 2.25. The van der Waals surface area contributed by atoms with Crippen molar-refractivity contribution in [3.05, 3.63) is 116 Å². The van der Waals surface area contributed by atoms with Crippen molar-refractivity contribution in [3.8, 4) is 5.75 Å². The van der Waals surface area contributed by atoms with Crippen LogP contribution in [0.3, 0.4) is 0 Å². The monoisotopic (exact) mass is 496 g/mol. The molecule has 8 nitrogen and oxygen atoms in total. The van der Waals surface area contributed by atoms with Gasteiger partial charge in [-0.1, -0.05) is 41.4 Å². The number of nitro groups is 1. The molecule has 0 aliphatic heterocycles. The molecule has 0 aliphatic rings. The molecule has 1 N–H and O–H groups in total. The summed E-state index contributed by atoms with van der Waals surface area (Å²) in [4.78, 5) is 23.0. The number of amides is 1. The van der Waals surface area contributed by atoms with Gasteiger partial charge < -0.3 is 10.1 Å². The summed E-state index contributed by atoms with van der Waals surface area (Å²) in [6, 6.07) is 18.1. The lowest BCUT2D eigenvalue weighted by atomic mass is 10.1. The highest BCUT2D eigenvalue weighted by molar-refractivity contribution is 6.35. The Balaban J connectivity index is 1.37. The van der Waals surface area contributed by atoms with Crippen molar-refractivity contribution in [2.24, 2.45) is 0 Å². The van der Waals surface area contributed by atoms with E-state index in [4.69, 9.17) is 27.9 Å². The number of hydrogen-bond acceptors (Lipinski definition) is 5. The van der Waals surface area contributed by atoms with Crippen LogP contribution in [0.1, 0.15) is 21.5 Å². The summed E-state index contributed by atoms with van der Waals surface area (Å²) in [6.07, 6.45) is 3.24. The van der Waals surface area contributed by atoms with Crippen LogP contribution >= 0.6 is 23.2 Å². The topological polar surface area (TPSA) is 99.3 Å². The smallest absolute Gasteiger partial charge is 0.269 e. The maximum absolute atomic E-state index is 12.7. The molecule has 0 atom stereocenters. The fourth-order valence-electron chi connectivity index (χ4n) is 3.20. The van der Waals surface area contributed by atoms with Crippen LogP contribution in [0.25, 0.3) is 0 Å². The zero-order valence-electron chi connectivity index (χ0n) is 17.7. The number of halogens is 2. The summed E-state index contributed by atoms with van der Waals surface area (Å²) in [5.74, 6) is 0.194. The fourth-order valence-corrected chi connectivity index (χ4v) is 3.71. The number of nitrogens with zero attached hydrogens (tertiary/aromatic N) is 3. The van der Waals surface area contributed by atoms with E-state index in [0.717, 1.165) is 11.1 Å². The molecular weight excluding hydrogens is 479 g/mol. The predicted molar refractivity (Wildman–Crippen MR) is 130 cm³/mol. The summed E-state index contributed by atoms with van der Waals surface area (Å²) >= 11 is 12.4. The Labute approximate surface area is 204 Å². The number of carbonyl (C=O) groups excluding carboxylic acids is 1. The van der Waals surface area contributed by atoms with Gasteiger partial charge in [0.25, 0.3) is 11.6 Å². The molecule has 34 heavy (non-hydrogen) atoms. The van der Waals surface area contributed by atoms with Crippen LogP contribution in [0.4, 0.5) is 11.4 Å². The number of rotatable bonds is 8. The first-order valence-electron chi connectivity index (χ1n) is 10.1. The van der Waals surface area contributed by atoms with Crippen molar-refractivity contribution in [1.29, 1.82) is 0 Å². The second-order valence-electron chi connectivity index (χ2n) is 7.32. The minimum absolute atomic E-state index is 0.00990. The molecule has 1 heterocycles. The van der Waals surface area contributed by atoms with Crippen LogP contribution in [0, 0.1) is 10.1 Å². The summed E-state index contributed by atoms with van der Waals surface area (Å²) in [6.45, 7) is 0.569. The number of non-ortho nitro benzene ring substituents is 1. The molecule has 0 fully saturated rings. The third-order valence-electron chi connectivity index (χ3n) is 4.92. The average molecular weight is 497 g/mol. The largest absolute Gasteiger partial charge is 0.489 e. The third kappa shape index (κ3) is 5.72. The van der Waals surface area contributed by atoms with E-state index in [-0.39, 0.29) is 18.2 Å². The first-order valence-corrected chi connectivity index (χ1v) is 10.9. The van der Waals surface area contributed by atoms with Crippen molar-refractivity contribution in [3.63, 3.8) is 0 Å². The van der Waals surface area contributed by atoms with Crippen LogP contribution in [-0.4, -0.2) is 20.6 Å². The van der Waals surface area contributed by atoms with Crippen molar-refractivity contribution in [2.75, 3.05) is 5.32 Å². The third-order valence-corrected chi connectivity index (χ3v) is 5.62. The Morgan fingerprint density at radius 1 is 1.06 bits per heavy atom. The van der Waals surface area contributed by atoms with Gasteiger partial charge in [0.05, 0.1) is 23.4 Å². The van der Waals surface area contributed by atoms with Crippen molar-refractivity contribution < 1.29 is 14.5 Å². The molecule has 0 spiro atoms. The molecule has 4 rings (SSSR count). The number of nitrogens with one attached hydrogen (secondary N) is 1. The zero-order chi connectivity index (χ0) is 24.1. The molecule has 0 saturated carbocycles. The molecule has 4 aromatic rings. The van der Waals surface area contributed by atoms with Crippen molar-refractivity contribution >= 4 is 40.5 Å². The Bertz CT molecular complexity index is 1320. The molecule has 10 heteroatoms. The van der Waals surface area contributed by atoms with Gasteiger partial charge in [-0.25, -0.2) is 0 Å². The first-order chi connectivity index (χ1) is 16.4. The van der Waals surface area contributed by atoms with Gasteiger partial charge >= 0.3 is 0 Å². The van der Waals surface area contributed by atoms with E-state index in [0.29, 0.717) is 33.6 Å². The van der Waals surface area contributed by atoms with E-state index in [1.807, 2.05) is 6.07 Å². The van der Waals surface area contributed by atoms with Gasteiger partial charge in [-0.15, -0.1) is 0 Å². The lowest BCUT2D eigenvalue weighted by molar-refractivity contribution is -0.384. The number of aromatic nitrogens is 2. The maximum Gasteiger partial charge on any atom is 0.269 e. The van der Waals surface area contributed by atoms with E-state index >= 15 is 0 Å². The van der Waals surface area contributed by atoms with Gasteiger partial charge in [0.2, 0.25) is 0 Å². The SMILES string of the molecule is O=C(Nc1cnn(Cc2c(Cl)cccc2Cl)c1)c1cccc(COc2ccc([N+](=O)[O-])cc2)c1. The molecule has 0 aliphatic carbocycles. The van der Waals surface area contributed by atoms with Crippen LogP contribution in [0.15, 0.2) is 79.1 Å². The Kier molecular flexibility index (Phi) is 7.10. The van der Waals surface area contributed by atoms with E-state index in [1.54, 1.807) is 53.5 Å². The van der Waals surface area contributed by atoms with E-state index in [2.05, 4.69) is 10.4 Å². The molecule has 0 saturated heterocycles. The Morgan fingerprint density at radius 2 is 1.76 bits per heavy atom. The normalized spacial score (nSPS) is 10.6. The van der Waals surface area contributed by atoms with Crippen molar-refractivity contribution in [1.82, 2.24) is 9.78 Å². The molecular formula is C24H18Cl2N4O4. The number of benzene rings is 3. The van der Waals surface area contributed by atoms with Gasteiger partial charge in [0.1, 0.15) is 12.4 Å². The van der Waals surface area contributed by atoms with Gasteiger partial charge in [-0.2, -0.15) is 5.10 Å². The summed E-state index contributed by atoms with van der Waals surface area (Å²) in [5.41, 5.74) is 2.49. The van der Waals surface area contributed by atoms with E-state index < -0.39 is 4.92 Å². The summed E-state index contributed by atoms with van der Waals surface area (Å²) < 4.78 is 7.31. The molecule has 1 amide bonds. The fraction of sp³-hybridized carbons (Fsp3) is 0.0833. The standard InChI is InChI=1S/C24H18Cl2N4O4/c25-22-5-2-6-23(26)21(22)14-29-13-18(12-27-29)28-24(31)17-4-1-3-16(11-17)15-34-20-9-7-19(8-10-20)30(32)33/h1-13H,14-15H2,(H,28,31). The number of hydrogen-bond donors (Lipinski definition) is 1. The van der Waals surface area contributed by atoms with Crippen LogP contribution < -0.4 is 10.1 Å². The molecule has 3 aromatic carbocycles. The molecule has 0 unspecified atom stereocenters. The Hall–Kier alpha value is -3.88. The average Bonchev–Trinajstić information content (AvgIpc) is 3.27. The van der Waals surface area contributed by atoms with Gasteiger partial charge in [0.15, 0.2) is 0 Å². The summed E-state index contributed by atoms with van der Waals surface area (Å²) in [7, 11) is 0. The molecule has 172 valence electrons. The number of carbonyl (C=O) groups is 1. The minimum atomic E-state index is -0.471. The minimum Gasteiger partial charge on any atom is -0.489 e. The number of anilines is 1. The van der Waals surface area contributed by atoms with Gasteiger partial charge in [0, 0.05) is 39.5 Å². The lowest BCUT2D eigenvalue weighted by Gasteiger charge is -2.08. The Morgan fingerprint density at radius 3 is 2.47 bits per heavy atom. The second kappa shape index (κ2) is 10.4. The van der Waals surface area contributed by atoms with Crippen molar-refractivity contribution in [2.45, 2.75) is 13.2 Å². The summed E-state index contributed by atoms with van der Waals surface area (Å²) in [5, 5.41) is 18.9. The number of ether oxygens (including phenoxy) is 1. The van der Waals surface area contributed by atoms with Crippen LogP contribution in [-0.2, 0) is 13.2 Å². The van der Waals surface area contributed by atoms with E-state index in [1.165, 1.54) is 24.3 Å². The second-order valence-corrected chi connectivity index (χ2v) is 8.14. The van der Waals surface area contributed by atoms with Gasteiger partial charge in [-0.3, -0.25) is 19.6 Å². The maximum atomic E-state index is 12.7. The first kappa shape index (κ1) is 23.3. The van der Waals surface area contributed by atoms with Crippen LogP contribution in [0.2, 0.25) is 10.0 Å². The molecule has 0 bridgehead atoms. The van der Waals surface area contributed by atoms with E-state index in [9.17, 15) is 14.9 Å². The lowest BCUT2D eigenvalue weighted by Crippen LogP contribution is -2.12. The zero-order valence-corrected chi connectivity index (χ0v) is 19.2. The van der Waals surface area contributed by atoms with Crippen LogP contribution in [0.5, 0.6) is 5.75 Å². The predicted octanol–water partition coefficient (Wildman–Crippen LogP) is 5.98. The highest BCUT2D eigenvalue weighted by atomic mass is 35.5. The number of nitro benzene ring substituents is 1. The quantitative estimate of drug-likeness (QED) is 0.239. The van der Waals surface area contributed by atoms with Gasteiger partial charge in [-0.05, 0) is 42.0 Å². The molecule has 1 aromatic heterocycles.